The molecule has 1 N–H and O–H groups in total. The summed E-state index contributed by atoms with van der Waals surface area (Å²) in [6.45, 7) is 5.85. The molecule has 3 heterocycles. The van der Waals surface area contributed by atoms with Crippen molar-refractivity contribution < 1.29 is 9.47 Å². The molecular formula is C17H21ClN6O2. The number of para-hydroxylation sites is 1. The summed E-state index contributed by atoms with van der Waals surface area (Å²) in [6.07, 6.45) is 0. The Morgan fingerprint density at radius 2 is 1.46 bits per heavy atom. The topological polar surface area (TPSA) is 75.6 Å². The lowest BCUT2D eigenvalue weighted by Crippen LogP contribution is -2.41. The summed E-state index contributed by atoms with van der Waals surface area (Å²) in [5.74, 6) is 2.04. The molecule has 1 aromatic heterocycles. The zero-order valence-electron chi connectivity index (χ0n) is 14.4. The molecule has 0 radical (unpaired) electrons. The number of aromatic nitrogens is 3. The molecule has 2 saturated heterocycles. The van der Waals surface area contributed by atoms with E-state index in [0.717, 1.165) is 43.5 Å². The van der Waals surface area contributed by atoms with Crippen molar-refractivity contribution in [2.24, 2.45) is 0 Å². The fraction of sp³-hybridized carbons (Fsp3) is 0.471. The van der Waals surface area contributed by atoms with E-state index in [-0.39, 0.29) is 0 Å². The van der Waals surface area contributed by atoms with E-state index in [0.29, 0.717) is 37.4 Å². The predicted molar refractivity (Wildman–Crippen MR) is 101 cm³/mol. The van der Waals surface area contributed by atoms with E-state index < -0.39 is 0 Å². The van der Waals surface area contributed by atoms with Gasteiger partial charge in [0, 0.05) is 26.2 Å². The van der Waals surface area contributed by atoms with Crippen molar-refractivity contribution >= 4 is 34.9 Å². The molecular weight excluding hydrogens is 356 g/mol. The average Bonchev–Trinajstić information content (AvgIpc) is 2.71. The number of hydrogen-bond donors (Lipinski definition) is 1. The molecule has 9 heteroatoms. The van der Waals surface area contributed by atoms with E-state index in [4.69, 9.17) is 26.1 Å². The van der Waals surface area contributed by atoms with Crippen molar-refractivity contribution in [3.8, 4) is 0 Å². The quantitative estimate of drug-likeness (QED) is 0.867. The second-order valence-corrected chi connectivity index (χ2v) is 6.49. The summed E-state index contributed by atoms with van der Waals surface area (Å²) < 4.78 is 10.9. The Labute approximate surface area is 157 Å². The highest BCUT2D eigenvalue weighted by atomic mass is 35.5. The maximum absolute atomic E-state index is 6.23. The summed E-state index contributed by atoms with van der Waals surface area (Å²) in [5.41, 5.74) is 0.753. The number of benzene rings is 1. The summed E-state index contributed by atoms with van der Waals surface area (Å²) in [6, 6.07) is 7.50. The number of morpholine rings is 2. The van der Waals surface area contributed by atoms with E-state index in [1.54, 1.807) is 0 Å². The number of anilines is 4. The van der Waals surface area contributed by atoms with Gasteiger partial charge < -0.3 is 24.6 Å². The molecule has 1 aromatic carbocycles. The second-order valence-electron chi connectivity index (χ2n) is 6.09. The Morgan fingerprint density at radius 3 is 2.12 bits per heavy atom. The molecule has 0 unspecified atom stereocenters. The zero-order valence-corrected chi connectivity index (χ0v) is 15.2. The molecule has 2 aromatic rings. The minimum Gasteiger partial charge on any atom is -0.378 e. The lowest BCUT2D eigenvalue weighted by molar-refractivity contribution is 0.120. The van der Waals surface area contributed by atoms with Crippen LogP contribution in [0.15, 0.2) is 24.3 Å². The molecule has 2 aliphatic heterocycles. The molecule has 26 heavy (non-hydrogen) atoms. The van der Waals surface area contributed by atoms with E-state index in [1.807, 2.05) is 24.3 Å². The highest BCUT2D eigenvalue weighted by Gasteiger charge is 2.24. The number of rotatable bonds is 4. The monoisotopic (exact) mass is 376 g/mol. The first-order chi connectivity index (χ1) is 12.8. The van der Waals surface area contributed by atoms with Crippen LogP contribution in [0.4, 0.5) is 23.3 Å². The highest BCUT2D eigenvalue weighted by molar-refractivity contribution is 6.33. The Kier molecular flexibility index (Phi) is 5.33. The minimum atomic E-state index is 0.427. The number of nitrogens with one attached hydrogen (secondary N) is 1. The van der Waals surface area contributed by atoms with Gasteiger partial charge in [0.05, 0.1) is 37.1 Å². The van der Waals surface area contributed by atoms with E-state index >= 15 is 0 Å². The smallest absolute Gasteiger partial charge is 0.249 e. The van der Waals surface area contributed by atoms with Gasteiger partial charge in [-0.25, -0.2) is 0 Å². The van der Waals surface area contributed by atoms with Crippen LogP contribution in [0.2, 0.25) is 5.02 Å². The van der Waals surface area contributed by atoms with Crippen molar-refractivity contribution in [2.75, 3.05) is 67.7 Å². The molecule has 0 aliphatic carbocycles. The molecule has 2 fully saturated rings. The Morgan fingerprint density at radius 1 is 0.846 bits per heavy atom. The maximum atomic E-state index is 6.23. The van der Waals surface area contributed by atoms with Crippen LogP contribution < -0.4 is 15.1 Å². The minimum absolute atomic E-state index is 0.427. The van der Waals surface area contributed by atoms with E-state index in [2.05, 4.69) is 25.3 Å². The molecule has 138 valence electrons. The third kappa shape index (κ3) is 3.82. The summed E-state index contributed by atoms with van der Waals surface area (Å²) in [4.78, 5) is 9.12. The first-order valence-electron chi connectivity index (χ1n) is 8.73. The van der Waals surface area contributed by atoms with Crippen molar-refractivity contribution in [3.05, 3.63) is 29.3 Å². The van der Waals surface area contributed by atoms with Crippen LogP contribution in [-0.2, 0) is 9.47 Å². The third-order valence-corrected chi connectivity index (χ3v) is 4.72. The fourth-order valence-corrected chi connectivity index (χ4v) is 3.20. The van der Waals surface area contributed by atoms with Crippen molar-refractivity contribution in [3.63, 3.8) is 0 Å². The number of nitrogens with zero attached hydrogens (tertiary/aromatic N) is 5. The van der Waals surface area contributed by atoms with Crippen LogP contribution in [0.5, 0.6) is 0 Å². The predicted octanol–water partition coefficient (Wildman–Crippen LogP) is 1.94. The molecule has 0 amide bonds. The fourth-order valence-electron chi connectivity index (χ4n) is 3.02. The van der Waals surface area contributed by atoms with Gasteiger partial charge in [0.1, 0.15) is 0 Å². The van der Waals surface area contributed by atoms with Gasteiger partial charge in [-0.2, -0.15) is 4.98 Å². The molecule has 0 bridgehead atoms. The van der Waals surface area contributed by atoms with Crippen LogP contribution in [-0.4, -0.2) is 67.8 Å². The molecule has 4 rings (SSSR count). The summed E-state index contributed by atoms with van der Waals surface area (Å²) in [5, 5.41) is 12.5. The van der Waals surface area contributed by atoms with Crippen LogP contribution in [0.3, 0.4) is 0 Å². The molecule has 0 spiro atoms. The van der Waals surface area contributed by atoms with Gasteiger partial charge in [0.15, 0.2) is 11.6 Å². The largest absolute Gasteiger partial charge is 0.378 e. The van der Waals surface area contributed by atoms with Gasteiger partial charge in [-0.05, 0) is 12.1 Å². The molecule has 0 saturated carbocycles. The van der Waals surface area contributed by atoms with E-state index in [9.17, 15) is 0 Å². The molecule has 0 atom stereocenters. The average molecular weight is 377 g/mol. The van der Waals surface area contributed by atoms with Gasteiger partial charge in [-0.15, -0.1) is 10.2 Å². The van der Waals surface area contributed by atoms with E-state index in [1.165, 1.54) is 0 Å². The summed E-state index contributed by atoms with van der Waals surface area (Å²) in [7, 11) is 0. The van der Waals surface area contributed by atoms with Crippen molar-refractivity contribution in [2.45, 2.75) is 0 Å². The summed E-state index contributed by atoms with van der Waals surface area (Å²) >= 11 is 6.23. The first kappa shape index (κ1) is 17.3. The van der Waals surface area contributed by atoms with Crippen LogP contribution in [0.25, 0.3) is 0 Å². The third-order valence-electron chi connectivity index (χ3n) is 4.39. The Hall–Kier alpha value is -2.16. The molecule has 2 aliphatic rings. The lowest BCUT2D eigenvalue weighted by Gasteiger charge is -2.33. The normalized spacial score (nSPS) is 18.0. The van der Waals surface area contributed by atoms with Crippen molar-refractivity contribution in [1.82, 2.24) is 15.2 Å². The number of hydrogen-bond acceptors (Lipinski definition) is 8. The first-order valence-corrected chi connectivity index (χ1v) is 9.11. The van der Waals surface area contributed by atoms with Crippen LogP contribution in [0.1, 0.15) is 0 Å². The van der Waals surface area contributed by atoms with Gasteiger partial charge in [-0.3, -0.25) is 0 Å². The number of halogens is 1. The van der Waals surface area contributed by atoms with Gasteiger partial charge >= 0.3 is 0 Å². The number of ether oxygens (including phenoxy) is 2. The van der Waals surface area contributed by atoms with Crippen LogP contribution >= 0.6 is 11.6 Å². The van der Waals surface area contributed by atoms with Gasteiger partial charge in [0.2, 0.25) is 5.95 Å². The highest BCUT2D eigenvalue weighted by Crippen LogP contribution is 2.29. The second kappa shape index (κ2) is 8.03. The van der Waals surface area contributed by atoms with Crippen LogP contribution in [0, 0.1) is 0 Å². The Balaban J connectivity index is 1.65. The van der Waals surface area contributed by atoms with Gasteiger partial charge in [0.25, 0.3) is 0 Å². The zero-order chi connectivity index (χ0) is 17.8. The SMILES string of the molecule is Clc1ccccc1Nc1nnc(N2CCOCC2)c(N2CCOCC2)n1. The maximum Gasteiger partial charge on any atom is 0.249 e. The lowest BCUT2D eigenvalue weighted by atomic mass is 10.3. The van der Waals surface area contributed by atoms with Crippen molar-refractivity contribution in [1.29, 1.82) is 0 Å². The molecule has 8 nitrogen and oxygen atoms in total. The Bertz CT molecular complexity index is 750. The van der Waals surface area contributed by atoms with Gasteiger partial charge in [-0.1, -0.05) is 23.7 Å². The standard InChI is InChI=1S/C17H21ClN6O2/c18-13-3-1-2-4-14(13)19-17-20-15(23-5-9-25-10-6-23)16(21-22-17)24-7-11-26-12-8-24/h1-4H,5-12H2,(H,19,20,22).